The maximum Gasteiger partial charge on any atom is 0.416 e. The zero-order valence-electron chi connectivity index (χ0n) is 24.1. The summed E-state index contributed by atoms with van der Waals surface area (Å²) >= 11 is 0. The van der Waals surface area contributed by atoms with E-state index >= 15 is 0 Å². The molecule has 0 bridgehead atoms. The number of hydrogen-bond donors (Lipinski definition) is 1. The lowest BCUT2D eigenvalue weighted by molar-refractivity contribution is -0.140. The molecule has 0 saturated heterocycles. The van der Waals surface area contributed by atoms with Gasteiger partial charge in [-0.2, -0.15) is 13.2 Å². The molecule has 42 heavy (non-hydrogen) atoms. The summed E-state index contributed by atoms with van der Waals surface area (Å²) in [6.07, 6.45) is -3.10. The Morgan fingerprint density at radius 2 is 1.57 bits per heavy atom. The van der Waals surface area contributed by atoms with Gasteiger partial charge in [0, 0.05) is 19.0 Å². The van der Waals surface area contributed by atoms with Gasteiger partial charge in [0.05, 0.1) is 17.5 Å². The zero-order valence-corrected chi connectivity index (χ0v) is 24.9. The van der Waals surface area contributed by atoms with E-state index < -0.39 is 46.2 Å². The largest absolute Gasteiger partial charge is 0.416 e. The number of anilines is 1. The fraction of sp³-hybridized carbons (Fsp3) is 0.355. The van der Waals surface area contributed by atoms with Crippen molar-refractivity contribution in [2.24, 2.45) is 0 Å². The first-order valence-corrected chi connectivity index (χ1v) is 15.4. The quantitative estimate of drug-likeness (QED) is 0.303. The van der Waals surface area contributed by atoms with E-state index in [9.17, 15) is 31.2 Å². The minimum atomic E-state index is -4.71. The number of benzene rings is 3. The summed E-state index contributed by atoms with van der Waals surface area (Å²) in [4.78, 5) is 29.0. The normalized spacial score (nSPS) is 13.2. The predicted octanol–water partition coefficient (Wildman–Crippen LogP) is 5.33. The van der Waals surface area contributed by atoms with Crippen LogP contribution in [0.25, 0.3) is 0 Å². The van der Waals surface area contributed by atoms with Crippen LogP contribution in [0.4, 0.5) is 18.9 Å². The molecule has 0 saturated carbocycles. The molecule has 0 aliphatic carbocycles. The van der Waals surface area contributed by atoms with Crippen LogP contribution in [-0.4, -0.2) is 50.0 Å². The number of hydrogen-bond acceptors (Lipinski definition) is 4. The summed E-state index contributed by atoms with van der Waals surface area (Å²) in [5, 5.41) is 2.93. The lowest BCUT2D eigenvalue weighted by atomic mass is 10.0. The van der Waals surface area contributed by atoms with Gasteiger partial charge in [-0.15, -0.1) is 0 Å². The van der Waals surface area contributed by atoms with E-state index in [1.807, 2.05) is 75.4 Å². The number of nitrogens with one attached hydrogen (secondary N) is 1. The Hall–Kier alpha value is -3.86. The summed E-state index contributed by atoms with van der Waals surface area (Å²) in [6, 6.07) is 19.0. The Labute approximate surface area is 245 Å². The van der Waals surface area contributed by atoms with Crippen molar-refractivity contribution in [1.29, 1.82) is 0 Å². The Balaban J connectivity index is 2.08. The van der Waals surface area contributed by atoms with E-state index in [-0.39, 0.29) is 24.7 Å². The van der Waals surface area contributed by atoms with Crippen molar-refractivity contribution in [3.63, 3.8) is 0 Å². The minimum absolute atomic E-state index is 0.0231. The van der Waals surface area contributed by atoms with Crippen LogP contribution in [0.15, 0.2) is 78.9 Å². The average Bonchev–Trinajstić information content (AvgIpc) is 2.93. The highest BCUT2D eigenvalue weighted by Gasteiger charge is 2.35. The molecular weight excluding hydrogens is 567 g/mol. The van der Waals surface area contributed by atoms with Gasteiger partial charge in [-0.1, -0.05) is 73.2 Å². The van der Waals surface area contributed by atoms with Crippen LogP contribution < -0.4 is 9.62 Å². The number of nitrogens with zero attached hydrogens (tertiary/aromatic N) is 2. The second-order valence-corrected chi connectivity index (χ2v) is 12.3. The first-order chi connectivity index (χ1) is 19.7. The molecule has 0 aliphatic rings. The molecular formula is C31H36F3N3O4S. The topological polar surface area (TPSA) is 86.8 Å². The van der Waals surface area contributed by atoms with Gasteiger partial charge in [-0.3, -0.25) is 13.9 Å². The molecule has 0 heterocycles. The van der Waals surface area contributed by atoms with Crippen molar-refractivity contribution < 1.29 is 31.2 Å². The van der Waals surface area contributed by atoms with Crippen molar-refractivity contribution >= 4 is 27.5 Å². The molecule has 2 atom stereocenters. The second-order valence-electron chi connectivity index (χ2n) is 10.3. The molecule has 0 radical (unpaired) electrons. The summed E-state index contributed by atoms with van der Waals surface area (Å²) in [7, 11) is -4.20. The molecule has 2 amide bonds. The fourth-order valence-corrected chi connectivity index (χ4v) is 5.18. The van der Waals surface area contributed by atoms with E-state index in [2.05, 4.69) is 5.32 Å². The first-order valence-electron chi connectivity index (χ1n) is 13.5. The van der Waals surface area contributed by atoms with Crippen LogP contribution in [0.1, 0.15) is 42.5 Å². The van der Waals surface area contributed by atoms with E-state index in [1.165, 1.54) is 11.0 Å². The van der Waals surface area contributed by atoms with E-state index in [4.69, 9.17) is 0 Å². The van der Waals surface area contributed by atoms with Crippen molar-refractivity contribution in [2.45, 2.75) is 58.4 Å². The lowest BCUT2D eigenvalue weighted by Crippen LogP contribution is -2.54. The standard InChI is InChI=1S/C31H36F3N3O4S/c1-5-23(3)35-30(39)28(18-24-10-7-6-8-11-24)36(20-25-16-14-22(2)15-17-25)29(38)21-37(42(4,40)41)27-13-9-12-26(19-27)31(32,33)34/h6-17,19,23,28H,5,18,20-21H2,1-4H3,(H,35,39)/t23-,28+/m1/s1. The zero-order chi connectivity index (χ0) is 31.1. The average molecular weight is 604 g/mol. The first kappa shape index (κ1) is 32.7. The second kappa shape index (κ2) is 13.9. The Bertz CT molecular complexity index is 1460. The maximum atomic E-state index is 14.0. The van der Waals surface area contributed by atoms with Crippen molar-refractivity contribution in [3.05, 3.63) is 101 Å². The Morgan fingerprint density at radius 3 is 2.14 bits per heavy atom. The molecule has 0 aliphatic heterocycles. The molecule has 0 unspecified atom stereocenters. The van der Waals surface area contributed by atoms with Crippen molar-refractivity contribution in [3.8, 4) is 0 Å². The molecule has 11 heteroatoms. The highest BCUT2D eigenvalue weighted by Crippen LogP contribution is 2.32. The Morgan fingerprint density at radius 1 is 0.929 bits per heavy atom. The monoisotopic (exact) mass is 603 g/mol. The van der Waals surface area contributed by atoms with Gasteiger partial charge in [0.2, 0.25) is 21.8 Å². The minimum Gasteiger partial charge on any atom is -0.352 e. The van der Waals surface area contributed by atoms with Gasteiger partial charge in [0.1, 0.15) is 12.6 Å². The van der Waals surface area contributed by atoms with Gasteiger partial charge in [-0.25, -0.2) is 8.42 Å². The Kier molecular flexibility index (Phi) is 10.8. The smallest absolute Gasteiger partial charge is 0.352 e. The predicted molar refractivity (Wildman–Crippen MR) is 157 cm³/mol. The van der Waals surface area contributed by atoms with Crippen LogP contribution in [0.2, 0.25) is 0 Å². The number of rotatable bonds is 12. The van der Waals surface area contributed by atoms with Gasteiger partial charge < -0.3 is 10.2 Å². The number of alkyl halides is 3. The molecule has 7 nitrogen and oxygen atoms in total. The molecule has 3 aromatic rings. The van der Waals surface area contributed by atoms with Gasteiger partial charge in [0.25, 0.3) is 0 Å². The molecule has 1 N–H and O–H groups in total. The maximum absolute atomic E-state index is 14.0. The number of aryl methyl sites for hydroxylation is 1. The van der Waals surface area contributed by atoms with Crippen LogP contribution in [0.5, 0.6) is 0 Å². The van der Waals surface area contributed by atoms with Crippen LogP contribution in [0.3, 0.4) is 0 Å². The third kappa shape index (κ3) is 9.07. The van der Waals surface area contributed by atoms with Crippen molar-refractivity contribution in [1.82, 2.24) is 10.2 Å². The molecule has 3 rings (SSSR count). The van der Waals surface area contributed by atoms with Crippen LogP contribution >= 0.6 is 0 Å². The van der Waals surface area contributed by atoms with E-state index in [1.54, 1.807) is 0 Å². The number of sulfonamides is 1. The summed E-state index contributed by atoms with van der Waals surface area (Å²) in [5.41, 5.74) is 1.11. The highest BCUT2D eigenvalue weighted by atomic mass is 32.2. The number of carbonyl (C=O) groups is 2. The third-order valence-electron chi connectivity index (χ3n) is 6.89. The van der Waals surface area contributed by atoms with Crippen LogP contribution in [0, 0.1) is 6.92 Å². The van der Waals surface area contributed by atoms with Crippen molar-refractivity contribution in [2.75, 3.05) is 17.1 Å². The third-order valence-corrected chi connectivity index (χ3v) is 8.03. The number of carbonyl (C=O) groups excluding carboxylic acids is 2. The van der Waals surface area contributed by atoms with Gasteiger partial charge in [-0.05, 0) is 49.6 Å². The molecule has 226 valence electrons. The fourth-order valence-electron chi connectivity index (χ4n) is 4.34. The molecule has 0 spiro atoms. The summed E-state index contributed by atoms with van der Waals surface area (Å²) in [6.45, 7) is 4.83. The molecule has 3 aromatic carbocycles. The highest BCUT2D eigenvalue weighted by molar-refractivity contribution is 7.92. The van der Waals surface area contributed by atoms with E-state index in [0.29, 0.717) is 22.4 Å². The van der Waals surface area contributed by atoms with Gasteiger partial charge in [0.15, 0.2) is 0 Å². The van der Waals surface area contributed by atoms with Gasteiger partial charge >= 0.3 is 6.18 Å². The SMILES string of the molecule is CC[C@@H](C)NC(=O)[C@H](Cc1ccccc1)N(Cc1ccc(C)cc1)C(=O)CN(c1cccc(C(F)(F)F)c1)S(C)(=O)=O. The summed E-state index contributed by atoms with van der Waals surface area (Å²) in [5.74, 6) is -1.16. The van der Waals surface area contributed by atoms with Crippen LogP contribution in [-0.2, 0) is 38.8 Å². The summed E-state index contributed by atoms with van der Waals surface area (Å²) < 4.78 is 66.6. The molecule has 0 aromatic heterocycles. The lowest BCUT2D eigenvalue weighted by Gasteiger charge is -2.34. The van der Waals surface area contributed by atoms with E-state index in [0.717, 1.165) is 29.5 Å². The number of halogens is 3. The number of amides is 2. The molecule has 0 fully saturated rings.